The van der Waals surface area contributed by atoms with E-state index in [2.05, 4.69) is 28.1 Å². The van der Waals surface area contributed by atoms with E-state index in [4.69, 9.17) is 16.3 Å². The van der Waals surface area contributed by atoms with Crippen LogP contribution in [0.1, 0.15) is 11.1 Å². The van der Waals surface area contributed by atoms with Gasteiger partial charge >= 0.3 is 0 Å². The summed E-state index contributed by atoms with van der Waals surface area (Å²) in [7, 11) is 1.47. The predicted octanol–water partition coefficient (Wildman–Crippen LogP) is 5.24. The van der Waals surface area contributed by atoms with Crippen molar-refractivity contribution in [1.82, 2.24) is 0 Å². The number of hydrogen-bond donors (Lipinski definition) is 0. The van der Waals surface area contributed by atoms with Crippen molar-refractivity contribution in [2.45, 2.75) is 12.8 Å². The van der Waals surface area contributed by atoms with E-state index in [0.717, 1.165) is 22.9 Å². The van der Waals surface area contributed by atoms with Crippen LogP contribution in [0.2, 0.25) is 0 Å². The zero-order valence-electron chi connectivity index (χ0n) is 11.8. The molecule has 0 fully saturated rings. The summed E-state index contributed by atoms with van der Waals surface area (Å²) in [6.45, 7) is 0. The highest BCUT2D eigenvalue weighted by Gasteiger charge is 2.12. The van der Waals surface area contributed by atoms with Crippen molar-refractivity contribution in [3.05, 3.63) is 63.9 Å². The van der Waals surface area contributed by atoms with Crippen molar-refractivity contribution in [3.8, 4) is 5.75 Å². The number of alkyl halides is 1. The molecule has 0 N–H and O–H groups in total. The zero-order valence-corrected chi connectivity index (χ0v) is 14.1. The minimum Gasteiger partial charge on any atom is -0.494 e. The van der Waals surface area contributed by atoms with E-state index in [0.29, 0.717) is 5.88 Å². The fourth-order valence-corrected chi connectivity index (χ4v) is 2.79. The number of hydrogen-bond acceptors (Lipinski definition) is 1. The maximum absolute atomic E-state index is 13.7. The van der Waals surface area contributed by atoms with Gasteiger partial charge in [0.1, 0.15) is 0 Å². The van der Waals surface area contributed by atoms with Gasteiger partial charge in [-0.15, -0.1) is 11.6 Å². The highest BCUT2D eigenvalue weighted by molar-refractivity contribution is 9.10. The van der Waals surface area contributed by atoms with Gasteiger partial charge in [-0.2, -0.15) is 0 Å². The Labute approximate surface area is 138 Å². The van der Waals surface area contributed by atoms with E-state index >= 15 is 0 Å². The number of rotatable bonds is 6. The first-order chi connectivity index (χ1) is 10.1. The number of ether oxygens (including phenoxy) is 1. The number of methoxy groups -OCH3 is 1. The van der Waals surface area contributed by atoms with E-state index in [9.17, 15) is 4.39 Å². The van der Waals surface area contributed by atoms with E-state index < -0.39 is 0 Å². The van der Waals surface area contributed by atoms with Crippen LogP contribution in [-0.2, 0) is 12.8 Å². The molecule has 4 heteroatoms. The third-order valence-electron chi connectivity index (χ3n) is 3.40. The molecule has 0 aliphatic heterocycles. The first kappa shape index (κ1) is 16.3. The molecular weight excluding hydrogens is 355 g/mol. The van der Waals surface area contributed by atoms with Gasteiger partial charge in [-0.25, -0.2) is 4.39 Å². The Morgan fingerprint density at radius 2 is 1.71 bits per heavy atom. The average Bonchev–Trinajstić information content (AvgIpc) is 2.49. The van der Waals surface area contributed by atoms with Crippen LogP contribution >= 0.6 is 27.5 Å². The molecule has 0 heterocycles. The zero-order chi connectivity index (χ0) is 15.2. The van der Waals surface area contributed by atoms with Crippen LogP contribution in [0.5, 0.6) is 5.75 Å². The SMILES string of the molecule is COc1ccc(CC(CCl)Cc2ccc(Br)cc2)cc1F. The lowest BCUT2D eigenvalue weighted by molar-refractivity contribution is 0.386. The normalized spacial score (nSPS) is 12.2. The lowest BCUT2D eigenvalue weighted by atomic mass is 9.94. The van der Waals surface area contributed by atoms with Crippen LogP contribution in [0.15, 0.2) is 46.9 Å². The van der Waals surface area contributed by atoms with Crippen LogP contribution in [0.3, 0.4) is 0 Å². The van der Waals surface area contributed by atoms with Gasteiger partial charge in [-0.3, -0.25) is 0 Å². The Kier molecular flexibility index (Phi) is 6.07. The van der Waals surface area contributed by atoms with Gasteiger partial charge in [0.05, 0.1) is 7.11 Å². The van der Waals surface area contributed by atoms with Gasteiger partial charge in [0.2, 0.25) is 0 Å². The summed E-state index contributed by atoms with van der Waals surface area (Å²) in [5.41, 5.74) is 2.17. The maximum Gasteiger partial charge on any atom is 0.165 e. The van der Waals surface area contributed by atoms with Crippen LogP contribution in [-0.4, -0.2) is 13.0 Å². The molecule has 0 aliphatic rings. The smallest absolute Gasteiger partial charge is 0.165 e. The molecule has 112 valence electrons. The van der Waals surface area contributed by atoms with Gasteiger partial charge < -0.3 is 4.74 Å². The highest BCUT2D eigenvalue weighted by atomic mass is 79.9. The molecule has 1 nitrogen and oxygen atoms in total. The summed E-state index contributed by atoms with van der Waals surface area (Å²) in [6.07, 6.45) is 1.63. The van der Waals surface area contributed by atoms with Crippen molar-refractivity contribution in [2.75, 3.05) is 13.0 Å². The van der Waals surface area contributed by atoms with Crippen LogP contribution in [0.4, 0.5) is 4.39 Å². The Morgan fingerprint density at radius 1 is 1.10 bits per heavy atom. The van der Waals surface area contributed by atoms with Gasteiger partial charge in [-0.05, 0) is 54.2 Å². The lowest BCUT2D eigenvalue weighted by Crippen LogP contribution is -2.10. The number of benzene rings is 2. The summed E-state index contributed by atoms with van der Waals surface area (Å²) in [5, 5.41) is 0. The lowest BCUT2D eigenvalue weighted by Gasteiger charge is -2.15. The summed E-state index contributed by atoms with van der Waals surface area (Å²) < 4.78 is 19.7. The number of halogens is 3. The van der Waals surface area contributed by atoms with E-state index in [1.807, 2.05) is 18.2 Å². The largest absolute Gasteiger partial charge is 0.494 e. The Hall–Kier alpha value is -1.06. The van der Waals surface area contributed by atoms with E-state index in [-0.39, 0.29) is 17.5 Å². The molecule has 0 aliphatic carbocycles. The Bertz CT molecular complexity index is 586. The molecule has 0 aromatic heterocycles. The second kappa shape index (κ2) is 7.81. The van der Waals surface area contributed by atoms with Gasteiger partial charge in [-0.1, -0.05) is 34.1 Å². The molecule has 2 aromatic rings. The third kappa shape index (κ3) is 4.72. The maximum atomic E-state index is 13.7. The van der Waals surface area contributed by atoms with Crippen LogP contribution < -0.4 is 4.74 Å². The van der Waals surface area contributed by atoms with E-state index in [1.54, 1.807) is 6.07 Å². The molecule has 0 radical (unpaired) electrons. The quantitative estimate of drug-likeness (QED) is 0.631. The summed E-state index contributed by atoms with van der Waals surface area (Å²) in [4.78, 5) is 0. The van der Waals surface area contributed by atoms with E-state index in [1.165, 1.54) is 18.7 Å². The minimum atomic E-state index is -0.327. The molecule has 0 bridgehead atoms. The van der Waals surface area contributed by atoms with Crippen LogP contribution in [0.25, 0.3) is 0 Å². The minimum absolute atomic E-state index is 0.272. The molecular formula is C17H17BrClFO. The molecule has 2 aromatic carbocycles. The predicted molar refractivity (Wildman–Crippen MR) is 88.7 cm³/mol. The first-order valence-electron chi connectivity index (χ1n) is 6.75. The Morgan fingerprint density at radius 3 is 2.29 bits per heavy atom. The highest BCUT2D eigenvalue weighted by Crippen LogP contribution is 2.22. The van der Waals surface area contributed by atoms with Crippen molar-refractivity contribution >= 4 is 27.5 Å². The van der Waals surface area contributed by atoms with Gasteiger partial charge in [0.25, 0.3) is 0 Å². The van der Waals surface area contributed by atoms with Gasteiger partial charge in [0, 0.05) is 10.4 Å². The molecule has 0 spiro atoms. The molecule has 1 unspecified atom stereocenters. The topological polar surface area (TPSA) is 9.23 Å². The van der Waals surface area contributed by atoms with Gasteiger partial charge in [0.15, 0.2) is 11.6 Å². The average molecular weight is 372 g/mol. The second-order valence-electron chi connectivity index (χ2n) is 5.02. The summed E-state index contributed by atoms with van der Waals surface area (Å²) in [5.74, 6) is 0.769. The van der Waals surface area contributed by atoms with Crippen molar-refractivity contribution < 1.29 is 9.13 Å². The van der Waals surface area contributed by atoms with Crippen LogP contribution in [0, 0.1) is 11.7 Å². The van der Waals surface area contributed by atoms with Crippen molar-refractivity contribution in [2.24, 2.45) is 5.92 Å². The molecule has 0 amide bonds. The third-order valence-corrected chi connectivity index (χ3v) is 4.36. The molecule has 2 rings (SSSR count). The molecule has 0 saturated carbocycles. The molecule has 1 atom stereocenters. The van der Waals surface area contributed by atoms with Crippen molar-refractivity contribution in [3.63, 3.8) is 0 Å². The summed E-state index contributed by atoms with van der Waals surface area (Å²) in [6, 6.07) is 13.3. The molecule has 21 heavy (non-hydrogen) atoms. The molecule has 0 saturated heterocycles. The monoisotopic (exact) mass is 370 g/mol. The second-order valence-corrected chi connectivity index (χ2v) is 6.25. The Balaban J connectivity index is 2.05. The fraction of sp³-hybridized carbons (Fsp3) is 0.294. The summed E-state index contributed by atoms with van der Waals surface area (Å²) >= 11 is 9.49. The standard InChI is InChI=1S/C17H17BrClFO/c1-21-17-7-4-13(10-16(17)20)9-14(11-19)8-12-2-5-15(18)6-3-12/h2-7,10,14H,8-9,11H2,1H3. The van der Waals surface area contributed by atoms with Crippen molar-refractivity contribution in [1.29, 1.82) is 0 Å². The first-order valence-corrected chi connectivity index (χ1v) is 8.08. The fourth-order valence-electron chi connectivity index (χ4n) is 2.31.